The summed E-state index contributed by atoms with van der Waals surface area (Å²) in [5, 5.41) is 21.5. The number of hydrogen-bond acceptors (Lipinski definition) is 3. The molecule has 2 rings (SSSR count). The lowest BCUT2D eigenvalue weighted by atomic mass is 9.94. The maximum atomic E-state index is 10.8. The van der Waals surface area contributed by atoms with Crippen molar-refractivity contribution >= 4 is 5.97 Å². The highest BCUT2D eigenvalue weighted by Gasteiger charge is 2.39. The van der Waals surface area contributed by atoms with Gasteiger partial charge in [-0.15, -0.1) is 0 Å². The minimum atomic E-state index is -0.999. The average molecular weight is 207 g/mol. The zero-order chi connectivity index (χ0) is 10.8. The highest BCUT2D eigenvalue weighted by molar-refractivity contribution is 5.75. The molecule has 15 heavy (non-hydrogen) atoms. The van der Waals surface area contributed by atoms with Crippen LogP contribution in [-0.2, 0) is 4.79 Å². The van der Waals surface area contributed by atoms with Crippen molar-refractivity contribution in [3.05, 3.63) is 35.9 Å². The van der Waals surface area contributed by atoms with E-state index >= 15 is 0 Å². The molecule has 0 radical (unpaired) electrons. The maximum absolute atomic E-state index is 10.8. The number of aliphatic hydroxyl groups excluding tert-OH is 1. The number of carboxylic acid groups (broad SMARTS) is 1. The van der Waals surface area contributed by atoms with Crippen molar-refractivity contribution in [3.8, 4) is 0 Å². The van der Waals surface area contributed by atoms with Crippen molar-refractivity contribution < 1.29 is 15.0 Å². The standard InChI is InChI=1S/C11H13NO3/c13-10-8(6-12-9(10)11(14)15)7-4-2-1-3-5-7/h1-5,8-10,12-13H,6H2,(H,14,15)/t8-,9-,10-/m0/s1. The predicted molar refractivity (Wildman–Crippen MR) is 54.6 cm³/mol. The summed E-state index contributed by atoms with van der Waals surface area (Å²) >= 11 is 0. The molecule has 0 amide bonds. The number of aliphatic hydroxyl groups is 1. The van der Waals surface area contributed by atoms with Crippen LogP contribution in [0.1, 0.15) is 11.5 Å². The summed E-state index contributed by atoms with van der Waals surface area (Å²) in [7, 11) is 0. The van der Waals surface area contributed by atoms with Crippen molar-refractivity contribution in [2.45, 2.75) is 18.1 Å². The van der Waals surface area contributed by atoms with Gasteiger partial charge < -0.3 is 15.5 Å². The first-order valence-electron chi connectivity index (χ1n) is 4.89. The van der Waals surface area contributed by atoms with Crippen molar-refractivity contribution in [1.82, 2.24) is 5.32 Å². The normalized spacial score (nSPS) is 30.3. The smallest absolute Gasteiger partial charge is 0.323 e. The molecule has 0 bridgehead atoms. The van der Waals surface area contributed by atoms with E-state index in [1.807, 2.05) is 30.3 Å². The third-order valence-corrected chi connectivity index (χ3v) is 2.81. The lowest BCUT2D eigenvalue weighted by Gasteiger charge is -2.15. The van der Waals surface area contributed by atoms with Gasteiger partial charge in [-0.3, -0.25) is 4.79 Å². The Bertz CT molecular complexity index is 352. The second-order valence-electron chi connectivity index (χ2n) is 3.73. The van der Waals surface area contributed by atoms with Crippen LogP contribution in [0, 0.1) is 0 Å². The van der Waals surface area contributed by atoms with E-state index in [2.05, 4.69) is 5.32 Å². The summed E-state index contributed by atoms with van der Waals surface area (Å²) in [6, 6.07) is 8.62. The van der Waals surface area contributed by atoms with Gasteiger partial charge in [0.15, 0.2) is 0 Å². The van der Waals surface area contributed by atoms with E-state index < -0.39 is 18.1 Å². The van der Waals surface area contributed by atoms with Crippen LogP contribution in [0.25, 0.3) is 0 Å². The lowest BCUT2D eigenvalue weighted by Crippen LogP contribution is -2.38. The zero-order valence-corrected chi connectivity index (χ0v) is 8.13. The first-order chi connectivity index (χ1) is 7.20. The number of hydrogen-bond donors (Lipinski definition) is 3. The van der Waals surface area contributed by atoms with E-state index in [1.165, 1.54) is 0 Å². The number of benzene rings is 1. The van der Waals surface area contributed by atoms with Gasteiger partial charge in [0.1, 0.15) is 6.04 Å². The van der Waals surface area contributed by atoms with Crippen LogP contribution >= 0.6 is 0 Å². The fourth-order valence-corrected chi connectivity index (χ4v) is 1.98. The van der Waals surface area contributed by atoms with Crippen LogP contribution in [0.2, 0.25) is 0 Å². The summed E-state index contributed by atoms with van der Waals surface area (Å²) in [5.41, 5.74) is 0.973. The largest absolute Gasteiger partial charge is 0.480 e. The molecule has 1 fully saturated rings. The van der Waals surface area contributed by atoms with Crippen LogP contribution in [0.3, 0.4) is 0 Å². The van der Waals surface area contributed by atoms with Crippen LogP contribution in [0.15, 0.2) is 30.3 Å². The molecule has 80 valence electrons. The summed E-state index contributed by atoms with van der Waals surface area (Å²) in [6.45, 7) is 0.502. The van der Waals surface area contributed by atoms with Gasteiger partial charge in [0.05, 0.1) is 6.10 Å². The van der Waals surface area contributed by atoms with Gasteiger partial charge in [0.25, 0.3) is 0 Å². The van der Waals surface area contributed by atoms with Crippen LogP contribution in [0.4, 0.5) is 0 Å². The summed E-state index contributed by atoms with van der Waals surface area (Å²) < 4.78 is 0. The molecule has 1 saturated heterocycles. The van der Waals surface area contributed by atoms with Gasteiger partial charge in [-0.05, 0) is 5.56 Å². The number of carboxylic acids is 1. The Kier molecular flexibility index (Phi) is 2.70. The molecule has 1 aromatic rings. The van der Waals surface area contributed by atoms with Gasteiger partial charge in [-0.2, -0.15) is 0 Å². The predicted octanol–water partition coefficient (Wildman–Crippen LogP) is 0.187. The minimum absolute atomic E-state index is 0.132. The number of carbonyl (C=O) groups is 1. The summed E-state index contributed by atoms with van der Waals surface area (Å²) in [5.74, 6) is -1.13. The summed E-state index contributed by atoms with van der Waals surface area (Å²) in [6.07, 6.45) is -0.857. The molecule has 3 atom stereocenters. The second kappa shape index (κ2) is 4.00. The second-order valence-corrected chi connectivity index (χ2v) is 3.73. The number of nitrogens with one attached hydrogen (secondary N) is 1. The Hall–Kier alpha value is -1.39. The van der Waals surface area contributed by atoms with Crippen molar-refractivity contribution in [3.63, 3.8) is 0 Å². The molecule has 0 unspecified atom stereocenters. The molecule has 1 heterocycles. The van der Waals surface area contributed by atoms with E-state index in [-0.39, 0.29) is 5.92 Å². The van der Waals surface area contributed by atoms with Crippen molar-refractivity contribution in [1.29, 1.82) is 0 Å². The lowest BCUT2D eigenvalue weighted by molar-refractivity contribution is -0.141. The highest BCUT2D eigenvalue weighted by Crippen LogP contribution is 2.25. The quantitative estimate of drug-likeness (QED) is 0.647. The Balaban J connectivity index is 2.17. The van der Waals surface area contributed by atoms with E-state index in [1.54, 1.807) is 0 Å². The van der Waals surface area contributed by atoms with E-state index in [0.29, 0.717) is 6.54 Å². The Morgan fingerprint density at radius 2 is 2.00 bits per heavy atom. The molecule has 0 aliphatic carbocycles. The first kappa shape index (κ1) is 10.1. The molecule has 1 aromatic carbocycles. The van der Waals surface area contributed by atoms with E-state index in [4.69, 9.17) is 5.11 Å². The fraction of sp³-hybridized carbons (Fsp3) is 0.364. The Labute approximate surface area is 87.6 Å². The number of rotatable bonds is 2. The van der Waals surface area contributed by atoms with E-state index in [9.17, 15) is 9.90 Å². The molecule has 0 aromatic heterocycles. The average Bonchev–Trinajstić information content (AvgIpc) is 2.61. The fourth-order valence-electron chi connectivity index (χ4n) is 1.98. The maximum Gasteiger partial charge on any atom is 0.323 e. The van der Waals surface area contributed by atoms with Crippen molar-refractivity contribution in [2.24, 2.45) is 0 Å². The molecular formula is C11H13NO3. The monoisotopic (exact) mass is 207 g/mol. The minimum Gasteiger partial charge on any atom is -0.480 e. The third kappa shape index (κ3) is 1.86. The molecule has 4 nitrogen and oxygen atoms in total. The molecule has 0 spiro atoms. The SMILES string of the molecule is O=C(O)[C@H]1NC[C@@H](c2ccccc2)[C@@H]1O. The summed E-state index contributed by atoms with van der Waals surface area (Å²) in [4.78, 5) is 10.8. The van der Waals surface area contributed by atoms with Crippen LogP contribution in [0.5, 0.6) is 0 Å². The highest BCUT2D eigenvalue weighted by atomic mass is 16.4. The first-order valence-corrected chi connectivity index (χ1v) is 4.89. The molecule has 3 N–H and O–H groups in total. The van der Waals surface area contributed by atoms with Gasteiger partial charge in [-0.1, -0.05) is 30.3 Å². The van der Waals surface area contributed by atoms with Gasteiger partial charge in [0.2, 0.25) is 0 Å². The zero-order valence-electron chi connectivity index (χ0n) is 8.13. The topological polar surface area (TPSA) is 69.6 Å². The number of aliphatic carboxylic acids is 1. The third-order valence-electron chi connectivity index (χ3n) is 2.81. The molecule has 4 heteroatoms. The molecule has 1 aliphatic heterocycles. The van der Waals surface area contributed by atoms with Crippen LogP contribution < -0.4 is 5.32 Å². The van der Waals surface area contributed by atoms with Crippen molar-refractivity contribution in [2.75, 3.05) is 6.54 Å². The van der Waals surface area contributed by atoms with Gasteiger partial charge in [0, 0.05) is 12.5 Å². The Morgan fingerprint density at radius 3 is 2.53 bits per heavy atom. The van der Waals surface area contributed by atoms with Crippen LogP contribution in [-0.4, -0.2) is 34.9 Å². The Morgan fingerprint density at radius 1 is 1.33 bits per heavy atom. The molecule has 0 saturated carbocycles. The van der Waals surface area contributed by atoms with Gasteiger partial charge in [-0.25, -0.2) is 0 Å². The molecule has 1 aliphatic rings. The van der Waals surface area contributed by atoms with Gasteiger partial charge >= 0.3 is 5.97 Å². The molecular weight excluding hydrogens is 194 g/mol. The van der Waals surface area contributed by atoms with E-state index in [0.717, 1.165) is 5.56 Å².